The number of hydrogen-bond donors (Lipinski definition) is 2. The SMILES string of the molecule is NS(=O)(=O)Cc1ccc(NC(=O)c2ccccc2-c2ccc(C(F)(F)F)cc2)cc1. The van der Waals surface area contributed by atoms with Crippen molar-refractivity contribution in [2.24, 2.45) is 5.14 Å². The van der Waals surface area contributed by atoms with Crippen LogP contribution in [0.2, 0.25) is 0 Å². The molecular formula is C21H17F3N2O3S. The Morgan fingerprint density at radius 1 is 0.900 bits per heavy atom. The Morgan fingerprint density at radius 2 is 1.50 bits per heavy atom. The van der Waals surface area contributed by atoms with Gasteiger partial charge in [0.05, 0.1) is 11.3 Å². The van der Waals surface area contributed by atoms with Crippen LogP contribution in [0.5, 0.6) is 0 Å². The average molecular weight is 434 g/mol. The molecule has 0 saturated heterocycles. The second-order valence-corrected chi connectivity index (χ2v) is 8.19. The van der Waals surface area contributed by atoms with Gasteiger partial charge in [-0.15, -0.1) is 0 Å². The number of amides is 1. The number of hydrogen-bond acceptors (Lipinski definition) is 3. The molecule has 0 radical (unpaired) electrons. The van der Waals surface area contributed by atoms with E-state index in [-0.39, 0.29) is 11.3 Å². The summed E-state index contributed by atoms with van der Waals surface area (Å²) in [4.78, 5) is 12.7. The molecule has 0 heterocycles. The van der Waals surface area contributed by atoms with Crippen LogP contribution < -0.4 is 10.5 Å². The number of rotatable bonds is 5. The number of primary sulfonamides is 1. The molecule has 0 atom stereocenters. The summed E-state index contributed by atoms with van der Waals surface area (Å²) >= 11 is 0. The fraction of sp³-hybridized carbons (Fsp3) is 0.0952. The van der Waals surface area contributed by atoms with E-state index in [4.69, 9.17) is 5.14 Å². The van der Waals surface area contributed by atoms with Crippen molar-refractivity contribution < 1.29 is 26.4 Å². The van der Waals surface area contributed by atoms with Gasteiger partial charge in [-0.1, -0.05) is 42.5 Å². The smallest absolute Gasteiger partial charge is 0.322 e. The number of carbonyl (C=O) groups excluding carboxylic acids is 1. The minimum Gasteiger partial charge on any atom is -0.322 e. The zero-order chi connectivity index (χ0) is 21.9. The number of anilines is 1. The van der Waals surface area contributed by atoms with Crippen LogP contribution in [-0.4, -0.2) is 14.3 Å². The monoisotopic (exact) mass is 434 g/mol. The van der Waals surface area contributed by atoms with E-state index in [0.29, 0.717) is 22.4 Å². The van der Waals surface area contributed by atoms with E-state index in [1.165, 1.54) is 24.3 Å². The maximum Gasteiger partial charge on any atom is 0.416 e. The van der Waals surface area contributed by atoms with E-state index < -0.39 is 27.7 Å². The fourth-order valence-electron chi connectivity index (χ4n) is 2.89. The van der Waals surface area contributed by atoms with Crippen LogP contribution >= 0.6 is 0 Å². The number of nitrogens with two attached hydrogens (primary N) is 1. The number of sulfonamides is 1. The van der Waals surface area contributed by atoms with Gasteiger partial charge >= 0.3 is 6.18 Å². The summed E-state index contributed by atoms with van der Waals surface area (Å²) in [7, 11) is -3.66. The predicted molar refractivity (Wildman–Crippen MR) is 108 cm³/mol. The molecule has 3 aromatic carbocycles. The lowest BCUT2D eigenvalue weighted by molar-refractivity contribution is -0.137. The highest BCUT2D eigenvalue weighted by Crippen LogP contribution is 2.32. The Hall–Kier alpha value is -3.17. The zero-order valence-corrected chi connectivity index (χ0v) is 16.3. The first kappa shape index (κ1) is 21.5. The van der Waals surface area contributed by atoms with Crippen LogP contribution in [0.4, 0.5) is 18.9 Å². The first-order valence-electron chi connectivity index (χ1n) is 8.70. The molecule has 9 heteroatoms. The van der Waals surface area contributed by atoms with Gasteiger partial charge in [-0.3, -0.25) is 4.79 Å². The van der Waals surface area contributed by atoms with Gasteiger partial charge in [0, 0.05) is 11.3 Å². The highest BCUT2D eigenvalue weighted by atomic mass is 32.2. The van der Waals surface area contributed by atoms with Crippen molar-refractivity contribution >= 4 is 21.6 Å². The molecule has 3 aromatic rings. The highest BCUT2D eigenvalue weighted by Gasteiger charge is 2.30. The molecule has 0 fully saturated rings. The summed E-state index contributed by atoms with van der Waals surface area (Å²) in [6.07, 6.45) is -4.44. The van der Waals surface area contributed by atoms with E-state index >= 15 is 0 Å². The van der Waals surface area contributed by atoms with Gasteiger partial charge in [-0.25, -0.2) is 13.6 Å². The van der Waals surface area contributed by atoms with Crippen molar-refractivity contribution in [2.75, 3.05) is 5.32 Å². The van der Waals surface area contributed by atoms with Gasteiger partial charge in [0.15, 0.2) is 0 Å². The van der Waals surface area contributed by atoms with Crippen LogP contribution in [0.1, 0.15) is 21.5 Å². The summed E-state index contributed by atoms with van der Waals surface area (Å²) in [6.45, 7) is 0. The minimum absolute atomic E-state index is 0.283. The lowest BCUT2D eigenvalue weighted by Gasteiger charge is -2.12. The molecule has 5 nitrogen and oxygen atoms in total. The Labute approximate surface area is 171 Å². The second kappa shape index (κ2) is 8.29. The quantitative estimate of drug-likeness (QED) is 0.623. The predicted octanol–water partition coefficient (Wildman–Crippen LogP) is 4.41. The zero-order valence-electron chi connectivity index (χ0n) is 15.5. The van der Waals surface area contributed by atoms with Gasteiger partial charge < -0.3 is 5.32 Å². The first-order chi connectivity index (χ1) is 14.0. The van der Waals surface area contributed by atoms with Crippen LogP contribution in [0.3, 0.4) is 0 Å². The first-order valence-corrected chi connectivity index (χ1v) is 10.4. The third-order valence-electron chi connectivity index (χ3n) is 4.27. The van der Waals surface area contributed by atoms with Crippen molar-refractivity contribution in [3.63, 3.8) is 0 Å². The minimum atomic E-state index is -4.44. The van der Waals surface area contributed by atoms with Gasteiger partial charge in [0.1, 0.15) is 0 Å². The highest BCUT2D eigenvalue weighted by molar-refractivity contribution is 7.88. The van der Waals surface area contributed by atoms with E-state index in [1.54, 1.807) is 36.4 Å². The van der Waals surface area contributed by atoms with Crippen LogP contribution in [0.15, 0.2) is 72.8 Å². The lowest BCUT2D eigenvalue weighted by atomic mass is 9.98. The number of halogens is 3. The summed E-state index contributed by atoms with van der Waals surface area (Å²) in [5.74, 6) is -0.775. The van der Waals surface area contributed by atoms with Crippen molar-refractivity contribution in [1.29, 1.82) is 0 Å². The topological polar surface area (TPSA) is 89.3 Å². The molecule has 0 bridgehead atoms. The maximum atomic E-state index is 12.8. The van der Waals surface area contributed by atoms with Gasteiger partial charge in [-0.05, 0) is 47.0 Å². The third-order valence-corrected chi connectivity index (χ3v) is 5.01. The summed E-state index contributed by atoms with van der Waals surface area (Å²) in [6, 6.07) is 17.3. The lowest BCUT2D eigenvalue weighted by Crippen LogP contribution is -2.15. The Bertz CT molecular complexity index is 1160. The Balaban J connectivity index is 1.82. The fourth-order valence-corrected chi connectivity index (χ4v) is 3.54. The Morgan fingerprint density at radius 3 is 2.07 bits per heavy atom. The molecule has 0 aliphatic carbocycles. The van der Waals surface area contributed by atoms with Crippen LogP contribution in [0.25, 0.3) is 11.1 Å². The summed E-state index contributed by atoms with van der Waals surface area (Å²) in [5.41, 5.74) is 1.37. The van der Waals surface area contributed by atoms with Crippen molar-refractivity contribution in [3.05, 3.63) is 89.5 Å². The molecule has 0 aliphatic heterocycles. The summed E-state index contributed by atoms with van der Waals surface area (Å²) < 4.78 is 60.6. The molecule has 30 heavy (non-hydrogen) atoms. The molecule has 1 amide bonds. The van der Waals surface area contributed by atoms with Gasteiger partial charge in [0.2, 0.25) is 10.0 Å². The molecule has 3 N–H and O–H groups in total. The molecule has 0 aromatic heterocycles. The molecule has 0 unspecified atom stereocenters. The standard InChI is InChI=1S/C21H17F3N2O3S/c22-21(23,24)16-9-7-15(8-10-16)18-3-1-2-4-19(18)20(27)26-17-11-5-14(6-12-17)13-30(25,28)29/h1-12H,13H2,(H,26,27)(H2,25,28,29). The van der Waals surface area contributed by atoms with Crippen LogP contribution in [-0.2, 0) is 22.0 Å². The molecule has 0 spiro atoms. The number of alkyl halides is 3. The second-order valence-electron chi connectivity index (χ2n) is 6.58. The molecule has 156 valence electrons. The largest absolute Gasteiger partial charge is 0.416 e. The van der Waals surface area contributed by atoms with Gasteiger partial charge in [0.25, 0.3) is 5.91 Å². The molecule has 3 rings (SSSR count). The van der Waals surface area contributed by atoms with E-state index in [2.05, 4.69) is 5.32 Å². The molecule has 0 aliphatic rings. The van der Waals surface area contributed by atoms with Crippen molar-refractivity contribution in [2.45, 2.75) is 11.9 Å². The van der Waals surface area contributed by atoms with Crippen molar-refractivity contribution in [3.8, 4) is 11.1 Å². The van der Waals surface area contributed by atoms with E-state index in [9.17, 15) is 26.4 Å². The Kier molecular flexibility index (Phi) is 5.95. The van der Waals surface area contributed by atoms with E-state index in [1.807, 2.05) is 0 Å². The van der Waals surface area contributed by atoms with Crippen LogP contribution in [0, 0.1) is 0 Å². The normalized spacial score (nSPS) is 11.9. The van der Waals surface area contributed by atoms with Crippen molar-refractivity contribution in [1.82, 2.24) is 0 Å². The number of benzene rings is 3. The molecule has 0 saturated carbocycles. The van der Waals surface area contributed by atoms with E-state index in [0.717, 1.165) is 12.1 Å². The third kappa shape index (κ3) is 5.46. The molecular weight excluding hydrogens is 417 g/mol. The summed E-state index contributed by atoms with van der Waals surface area (Å²) in [5, 5.41) is 7.70. The average Bonchev–Trinajstić information content (AvgIpc) is 2.68. The number of nitrogens with one attached hydrogen (secondary N) is 1. The number of carbonyl (C=O) groups is 1. The maximum absolute atomic E-state index is 12.8. The van der Waals surface area contributed by atoms with Gasteiger partial charge in [-0.2, -0.15) is 13.2 Å².